The van der Waals surface area contributed by atoms with E-state index in [-0.39, 0.29) is 5.75 Å². The molecule has 0 bridgehead atoms. The minimum Gasteiger partial charge on any atom is -0.508 e. The average Bonchev–Trinajstić information content (AvgIpc) is 2.70. The van der Waals surface area contributed by atoms with Gasteiger partial charge >= 0.3 is 5.97 Å². The van der Waals surface area contributed by atoms with Gasteiger partial charge in [0.1, 0.15) is 11.5 Å². The summed E-state index contributed by atoms with van der Waals surface area (Å²) in [5, 5.41) is 13.1. The summed E-state index contributed by atoms with van der Waals surface area (Å²) in [5.74, 6) is -0.378. The van der Waals surface area contributed by atoms with Crippen LogP contribution in [-0.4, -0.2) is 23.2 Å². The molecule has 0 aliphatic carbocycles. The third-order valence-electron chi connectivity index (χ3n) is 3.69. The molecule has 0 atom stereocenters. The van der Waals surface area contributed by atoms with Crippen molar-refractivity contribution in [1.82, 2.24) is 5.43 Å². The minimum absolute atomic E-state index is 0.0838. The Labute approximate surface area is 169 Å². The van der Waals surface area contributed by atoms with Gasteiger partial charge in [-0.15, -0.1) is 0 Å². The summed E-state index contributed by atoms with van der Waals surface area (Å²) in [5.41, 5.74) is 3.93. The second-order valence-electron chi connectivity index (χ2n) is 5.68. The molecule has 3 rings (SSSR count). The predicted octanol–water partition coefficient (Wildman–Crippen LogP) is 4.14. The average molecular weight is 439 g/mol. The van der Waals surface area contributed by atoms with Gasteiger partial charge in [0.15, 0.2) is 0 Å². The van der Waals surface area contributed by atoms with Crippen molar-refractivity contribution < 1.29 is 19.4 Å². The van der Waals surface area contributed by atoms with E-state index >= 15 is 0 Å². The lowest BCUT2D eigenvalue weighted by molar-refractivity contribution is 0.0733. The third-order valence-corrected chi connectivity index (χ3v) is 4.39. The number of rotatable bonds is 5. The standard InChI is InChI=1S/C21H15BrN2O4/c22-19-4-2-1-3-18(19)21(27)28-17-11-5-14(6-12-17)13-23-24-20(26)15-7-9-16(25)10-8-15/h1-13,25H,(H,24,26)/b23-13+. The first kappa shape index (κ1) is 19.3. The molecule has 1 amide bonds. The molecule has 0 aliphatic heterocycles. The van der Waals surface area contributed by atoms with Gasteiger partial charge in [-0.25, -0.2) is 10.2 Å². The highest BCUT2D eigenvalue weighted by atomic mass is 79.9. The third kappa shape index (κ3) is 5.05. The summed E-state index contributed by atoms with van der Waals surface area (Å²) in [6, 6.07) is 19.5. The number of hydrogen-bond donors (Lipinski definition) is 2. The van der Waals surface area contributed by atoms with E-state index in [1.165, 1.54) is 30.5 Å². The van der Waals surface area contributed by atoms with E-state index in [9.17, 15) is 14.7 Å². The number of carbonyl (C=O) groups is 2. The smallest absolute Gasteiger partial charge is 0.344 e. The van der Waals surface area contributed by atoms with Crippen LogP contribution in [0.5, 0.6) is 11.5 Å². The van der Waals surface area contributed by atoms with Gasteiger partial charge in [0, 0.05) is 10.0 Å². The maximum Gasteiger partial charge on any atom is 0.344 e. The van der Waals surface area contributed by atoms with Crippen LogP contribution in [0.3, 0.4) is 0 Å². The highest BCUT2D eigenvalue weighted by Gasteiger charge is 2.11. The number of carbonyl (C=O) groups excluding carboxylic acids is 2. The van der Waals surface area contributed by atoms with Crippen molar-refractivity contribution in [2.24, 2.45) is 5.10 Å². The Hall–Kier alpha value is -3.45. The monoisotopic (exact) mass is 438 g/mol. The molecule has 6 nitrogen and oxygen atoms in total. The molecule has 0 aliphatic rings. The minimum atomic E-state index is -0.463. The number of aromatic hydroxyl groups is 1. The van der Waals surface area contributed by atoms with Gasteiger partial charge in [0.25, 0.3) is 5.91 Å². The van der Waals surface area contributed by atoms with E-state index in [1.807, 2.05) is 6.07 Å². The van der Waals surface area contributed by atoms with Crippen molar-refractivity contribution in [3.05, 3.63) is 94.0 Å². The molecule has 0 unspecified atom stereocenters. The predicted molar refractivity (Wildman–Crippen MR) is 109 cm³/mol. The Bertz CT molecular complexity index is 1020. The maximum absolute atomic E-state index is 12.2. The van der Waals surface area contributed by atoms with Crippen LogP contribution in [0.15, 0.2) is 82.4 Å². The van der Waals surface area contributed by atoms with E-state index in [1.54, 1.807) is 42.5 Å². The van der Waals surface area contributed by atoms with Gasteiger partial charge < -0.3 is 9.84 Å². The molecule has 0 radical (unpaired) electrons. The SMILES string of the molecule is O=C(N/N=C/c1ccc(OC(=O)c2ccccc2Br)cc1)c1ccc(O)cc1. The normalized spacial score (nSPS) is 10.6. The number of amides is 1. The second kappa shape index (κ2) is 8.96. The zero-order valence-electron chi connectivity index (χ0n) is 14.5. The van der Waals surface area contributed by atoms with E-state index in [4.69, 9.17) is 4.74 Å². The Morgan fingerprint density at radius 2 is 1.64 bits per heavy atom. The van der Waals surface area contributed by atoms with Crippen LogP contribution in [0, 0.1) is 0 Å². The van der Waals surface area contributed by atoms with Gasteiger partial charge in [0.2, 0.25) is 0 Å². The van der Waals surface area contributed by atoms with Crippen LogP contribution in [0.4, 0.5) is 0 Å². The van der Waals surface area contributed by atoms with Gasteiger partial charge in [-0.2, -0.15) is 5.10 Å². The quantitative estimate of drug-likeness (QED) is 0.271. The molecule has 3 aromatic rings. The summed E-state index contributed by atoms with van der Waals surface area (Å²) >= 11 is 3.32. The lowest BCUT2D eigenvalue weighted by atomic mass is 10.2. The number of esters is 1. The molecule has 7 heteroatoms. The van der Waals surface area contributed by atoms with Gasteiger partial charge in [-0.1, -0.05) is 12.1 Å². The van der Waals surface area contributed by atoms with E-state index in [2.05, 4.69) is 26.5 Å². The maximum atomic E-state index is 12.2. The first-order chi connectivity index (χ1) is 13.5. The molecule has 0 aromatic heterocycles. The molecule has 0 heterocycles. The number of hydrogen-bond acceptors (Lipinski definition) is 5. The van der Waals surface area contributed by atoms with Crippen molar-refractivity contribution in [1.29, 1.82) is 0 Å². The van der Waals surface area contributed by atoms with E-state index in [0.29, 0.717) is 26.9 Å². The molecular formula is C21H15BrN2O4. The first-order valence-electron chi connectivity index (χ1n) is 8.22. The highest BCUT2D eigenvalue weighted by molar-refractivity contribution is 9.10. The lowest BCUT2D eigenvalue weighted by Crippen LogP contribution is -2.17. The first-order valence-corrected chi connectivity index (χ1v) is 9.01. The Morgan fingerprint density at radius 3 is 2.32 bits per heavy atom. The van der Waals surface area contributed by atoms with Crippen LogP contribution in [-0.2, 0) is 0 Å². The number of halogens is 1. The Morgan fingerprint density at radius 1 is 0.964 bits per heavy atom. The number of benzene rings is 3. The number of nitrogens with one attached hydrogen (secondary N) is 1. The molecule has 2 N–H and O–H groups in total. The van der Waals surface area contributed by atoms with Gasteiger partial charge in [-0.3, -0.25) is 4.79 Å². The number of hydrazone groups is 1. The molecule has 0 fully saturated rings. The van der Waals surface area contributed by atoms with Crippen LogP contribution in [0.2, 0.25) is 0 Å². The molecule has 0 saturated carbocycles. The highest BCUT2D eigenvalue weighted by Crippen LogP contribution is 2.19. The van der Waals surface area contributed by atoms with Gasteiger partial charge in [0.05, 0.1) is 11.8 Å². The van der Waals surface area contributed by atoms with E-state index < -0.39 is 11.9 Å². The molecule has 0 saturated heterocycles. The van der Waals surface area contributed by atoms with Crippen molar-refractivity contribution in [2.45, 2.75) is 0 Å². The van der Waals surface area contributed by atoms with Crippen molar-refractivity contribution >= 4 is 34.0 Å². The summed E-state index contributed by atoms with van der Waals surface area (Å²) in [4.78, 5) is 24.1. The Balaban J connectivity index is 1.57. The molecule has 3 aromatic carbocycles. The molecule has 28 heavy (non-hydrogen) atoms. The summed E-state index contributed by atoms with van der Waals surface area (Å²) < 4.78 is 6.00. The van der Waals surface area contributed by atoms with Crippen LogP contribution in [0.25, 0.3) is 0 Å². The molecule has 0 spiro atoms. The van der Waals surface area contributed by atoms with Crippen molar-refractivity contribution in [3.63, 3.8) is 0 Å². The number of phenolic OH excluding ortho intramolecular Hbond substituents is 1. The number of phenols is 1. The van der Waals surface area contributed by atoms with Gasteiger partial charge in [-0.05, 0) is 82.2 Å². The zero-order chi connectivity index (χ0) is 19.9. The van der Waals surface area contributed by atoms with Crippen LogP contribution >= 0.6 is 15.9 Å². The molecular weight excluding hydrogens is 424 g/mol. The molecule has 140 valence electrons. The zero-order valence-corrected chi connectivity index (χ0v) is 16.1. The summed E-state index contributed by atoms with van der Waals surface area (Å²) in [6.07, 6.45) is 1.47. The van der Waals surface area contributed by atoms with Crippen LogP contribution in [0.1, 0.15) is 26.3 Å². The lowest BCUT2D eigenvalue weighted by Gasteiger charge is -2.06. The largest absolute Gasteiger partial charge is 0.508 e. The number of nitrogens with zero attached hydrogens (tertiary/aromatic N) is 1. The fourth-order valence-corrected chi connectivity index (χ4v) is 2.70. The Kier molecular flexibility index (Phi) is 6.18. The second-order valence-corrected chi connectivity index (χ2v) is 6.54. The van der Waals surface area contributed by atoms with Crippen LogP contribution < -0.4 is 10.2 Å². The number of ether oxygens (including phenoxy) is 1. The topological polar surface area (TPSA) is 88.0 Å². The fraction of sp³-hybridized carbons (Fsp3) is 0. The van der Waals surface area contributed by atoms with E-state index in [0.717, 1.165) is 0 Å². The fourth-order valence-electron chi connectivity index (χ4n) is 2.25. The van der Waals surface area contributed by atoms with Crippen molar-refractivity contribution in [2.75, 3.05) is 0 Å². The summed E-state index contributed by atoms with van der Waals surface area (Å²) in [7, 11) is 0. The summed E-state index contributed by atoms with van der Waals surface area (Å²) in [6.45, 7) is 0. The van der Waals surface area contributed by atoms with Crippen molar-refractivity contribution in [3.8, 4) is 11.5 Å².